The molecule has 0 spiro atoms. The van der Waals surface area contributed by atoms with E-state index in [2.05, 4.69) is 52.1 Å². The van der Waals surface area contributed by atoms with Crippen molar-refractivity contribution in [1.82, 2.24) is 58.7 Å². The molecule has 0 atom stereocenters. The van der Waals surface area contributed by atoms with Crippen LogP contribution in [0.5, 0.6) is 0 Å². The molecule has 9 rings (SSSR count). The third kappa shape index (κ3) is 9.30. The number of aromatic amines is 3. The van der Waals surface area contributed by atoms with Gasteiger partial charge in [-0.3, -0.25) is 29.7 Å². The minimum Gasteiger partial charge on any atom is -0.358 e. The topological polar surface area (TPSA) is 189 Å². The van der Waals surface area contributed by atoms with Crippen molar-refractivity contribution in [3.8, 4) is 34.2 Å². The molecule has 3 N–H and O–H groups in total. The third-order valence-corrected chi connectivity index (χ3v) is 9.33. The molecule has 0 saturated carbocycles. The second-order valence-corrected chi connectivity index (χ2v) is 13.0. The maximum Gasteiger partial charge on any atom is 0.293 e. The van der Waals surface area contributed by atoms with E-state index in [1.165, 1.54) is 19.6 Å². The molecule has 9 aromatic rings. The first-order chi connectivity index (χ1) is 27.2. The van der Waals surface area contributed by atoms with Gasteiger partial charge in [0, 0.05) is 61.2 Å². The Bertz CT molecular complexity index is 2850. The van der Waals surface area contributed by atoms with Crippen molar-refractivity contribution in [3.05, 3.63) is 170 Å². The van der Waals surface area contributed by atoms with Gasteiger partial charge in [-0.2, -0.15) is 28.5 Å². The van der Waals surface area contributed by atoms with E-state index >= 15 is 0 Å². The molecule has 0 saturated heterocycles. The Labute approximate surface area is 374 Å². The fourth-order valence-electron chi connectivity index (χ4n) is 5.30. The maximum absolute atomic E-state index is 12.0. The SMILES string of the molecule is O=c1c(Cl)c(CCl)nc2nc(-c3ccccc3)[nH]n12.O=c1cc(CCl)nc2nc(-c3ccccc3)[nH]n12.[CH2-]Cc1nc2nc(-c3ccccc3)[nH]n2c(=O)c1Cl.[CH3-].[Y]. The Kier molecular flexibility index (Phi) is 14.9. The fourth-order valence-corrected chi connectivity index (χ4v) is 6.12. The molecule has 20 heteroatoms. The monoisotopic (exact) mass is 931 g/mol. The molecular weight excluding hydrogens is 903 g/mol. The van der Waals surface area contributed by atoms with Gasteiger partial charge in [-0.25, -0.2) is 15.0 Å². The normalized spacial score (nSPS) is 10.6. The number of halogens is 4. The Morgan fingerprint density at radius 2 is 0.914 bits per heavy atom. The van der Waals surface area contributed by atoms with Crippen molar-refractivity contribution >= 4 is 63.7 Å². The van der Waals surface area contributed by atoms with Crippen LogP contribution in [0.1, 0.15) is 17.1 Å². The number of hydrogen-bond donors (Lipinski definition) is 3. The Hall–Kier alpha value is -5.03. The molecule has 3 aromatic carbocycles. The summed E-state index contributed by atoms with van der Waals surface area (Å²) in [5, 5.41) is 8.78. The second-order valence-electron chi connectivity index (χ2n) is 11.7. The molecular formula is C38H30Cl4N12O3Y-2. The number of rotatable bonds is 6. The van der Waals surface area contributed by atoms with Gasteiger partial charge in [0.2, 0.25) is 0 Å². The van der Waals surface area contributed by atoms with Gasteiger partial charge in [0.1, 0.15) is 10.0 Å². The van der Waals surface area contributed by atoms with Crippen LogP contribution in [0.4, 0.5) is 0 Å². The summed E-state index contributed by atoms with van der Waals surface area (Å²) >= 11 is 23.2. The van der Waals surface area contributed by atoms with Crippen molar-refractivity contribution in [2.45, 2.75) is 18.2 Å². The molecule has 0 unspecified atom stereocenters. The molecule has 0 aliphatic heterocycles. The zero-order valence-electron chi connectivity index (χ0n) is 30.4. The van der Waals surface area contributed by atoms with E-state index in [-0.39, 0.29) is 78.8 Å². The van der Waals surface area contributed by atoms with E-state index in [1.54, 1.807) is 0 Å². The summed E-state index contributed by atoms with van der Waals surface area (Å²) in [5.74, 6) is 2.87. The van der Waals surface area contributed by atoms with Crippen molar-refractivity contribution in [3.63, 3.8) is 0 Å². The molecule has 15 nitrogen and oxygen atoms in total. The zero-order valence-corrected chi connectivity index (χ0v) is 36.3. The van der Waals surface area contributed by atoms with Gasteiger partial charge in [0.15, 0.2) is 17.5 Å². The van der Waals surface area contributed by atoms with Crippen LogP contribution in [0.2, 0.25) is 10.0 Å². The van der Waals surface area contributed by atoms with Gasteiger partial charge >= 0.3 is 0 Å². The van der Waals surface area contributed by atoms with Crippen LogP contribution in [0.15, 0.2) is 111 Å². The Morgan fingerprint density at radius 1 is 0.534 bits per heavy atom. The summed E-state index contributed by atoms with van der Waals surface area (Å²) in [6.45, 7) is 3.70. The molecule has 0 aliphatic carbocycles. The van der Waals surface area contributed by atoms with Gasteiger partial charge in [0.05, 0.1) is 23.1 Å². The van der Waals surface area contributed by atoms with Gasteiger partial charge in [0.25, 0.3) is 34.0 Å². The Balaban J connectivity index is 0.000000163. The summed E-state index contributed by atoms with van der Waals surface area (Å²) in [6.07, 6.45) is 0.345. The molecule has 1 radical (unpaired) electrons. The number of hydrogen-bond acceptors (Lipinski definition) is 9. The van der Waals surface area contributed by atoms with E-state index in [4.69, 9.17) is 46.4 Å². The van der Waals surface area contributed by atoms with E-state index < -0.39 is 5.56 Å². The number of nitrogens with zero attached hydrogens (tertiary/aromatic N) is 9. The van der Waals surface area contributed by atoms with Gasteiger partial charge in [-0.1, -0.05) is 114 Å². The van der Waals surface area contributed by atoms with Crippen LogP contribution in [0.3, 0.4) is 0 Å². The zero-order chi connectivity index (χ0) is 39.3. The number of aromatic nitrogens is 12. The Morgan fingerprint density at radius 3 is 1.31 bits per heavy atom. The predicted octanol–water partition coefficient (Wildman–Crippen LogP) is 6.86. The summed E-state index contributed by atoms with van der Waals surface area (Å²) in [4.78, 5) is 61.3. The summed E-state index contributed by atoms with van der Waals surface area (Å²) in [6, 6.07) is 29.9. The minimum atomic E-state index is -0.406. The van der Waals surface area contributed by atoms with E-state index in [1.807, 2.05) is 91.0 Å². The van der Waals surface area contributed by atoms with E-state index in [0.717, 1.165) is 16.7 Å². The van der Waals surface area contributed by atoms with Crippen molar-refractivity contribution in [2.75, 3.05) is 0 Å². The average molecular weight is 933 g/mol. The fraction of sp³-hybridized carbons (Fsp3) is 0.0789. The summed E-state index contributed by atoms with van der Waals surface area (Å²) in [7, 11) is 0. The molecule has 0 fully saturated rings. The maximum atomic E-state index is 12.0. The smallest absolute Gasteiger partial charge is 0.293 e. The first kappa shape index (κ1) is 44.1. The number of nitrogens with one attached hydrogen (secondary N) is 3. The first-order valence-electron chi connectivity index (χ1n) is 16.6. The predicted molar refractivity (Wildman–Crippen MR) is 222 cm³/mol. The van der Waals surface area contributed by atoms with Crippen LogP contribution < -0.4 is 16.7 Å². The number of fused-ring (bicyclic) bond motifs is 3. The van der Waals surface area contributed by atoms with Crippen molar-refractivity contribution < 1.29 is 32.7 Å². The molecule has 6 heterocycles. The van der Waals surface area contributed by atoms with Crippen molar-refractivity contribution in [2.24, 2.45) is 0 Å². The summed E-state index contributed by atoms with van der Waals surface area (Å²) in [5.41, 5.74) is 2.96. The minimum absolute atomic E-state index is 0. The second kappa shape index (κ2) is 19.6. The molecule has 0 bridgehead atoms. The molecule has 0 aliphatic rings. The van der Waals surface area contributed by atoms with Crippen LogP contribution in [-0.2, 0) is 50.9 Å². The average Bonchev–Trinajstić information content (AvgIpc) is 4.00. The number of alkyl halides is 2. The van der Waals surface area contributed by atoms with Gasteiger partial charge in [-0.05, 0) is 0 Å². The van der Waals surface area contributed by atoms with Gasteiger partial charge in [-0.15, -0.1) is 29.6 Å². The van der Waals surface area contributed by atoms with Crippen LogP contribution in [0, 0.1) is 14.4 Å². The van der Waals surface area contributed by atoms with Crippen LogP contribution in [-0.4, -0.2) is 58.7 Å². The first-order valence-corrected chi connectivity index (χ1v) is 18.4. The largest absolute Gasteiger partial charge is 0.358 e. The van der Waals surface area contributed by atoms with Gasteiger partial charge < -0.3 is 14.4 Å². The standard InChI is InChI=1S/C13H10ClN4O.C12H8Cl2N4O.C12H9ClN4O.CH3.Y/c1-2-9-10(14)12(19)18-13(15-9)16-11(17-18)8-6-4-3-5-7-8;13-6-8-9(14)11(19)18-12(15-8)16-10(17-18)7-4-2-1-3-5-7;13-7-9-6-10(18)17-12(14-9)15-11(16-17)8-4-2-1-3-5-8;;/h3-7H,1-2H2,(H,15,16,17);1-5H,6H2,(H,15,16,17);1-6H,7H2,(H,14,15,16);1H3;/q-1;;;-1;. The number of benzene rings is 3. The van der Waals surface area contributed by atoms with E-state index in [0.29, 0.717) is 52.5 Å². The van der Waals surface area contributed by atoms with E-state index in [9.17, 15) is 14.4 Å². The molecule has 58 heavy (non-hydrogen) atoms. The van der Waals surface area contributed by atoms with Crippen molar-refractivity contribution in [1.29, 1.82) is 0 Å². The van der Waals surface area contributed by atoms with Crippen LogP contribution >= 0.6 is 46.4 Å². The number of H-pyrrole nitrogens is 3. The summed E-state index contributed by atoms with van der Waals surface area (Å²) < 4.78 is 3.75. The van der Waals surface area contributed by atoms with Crippen LogP contribution in [0.25, 0.3) is 51.5 Å². The molecule has 6 aromatic heterocycles. The quantitative estimate of drug-likeness (QED) is 0.118. The molecule has 0 amide bonds. The third-order valence-electron chi connectivity index (χ3n) is 8.04. The molecule has 293 valence electrons.